The van der Waals surface area contributed by atoms with Gasteiger partial charge >= 0.3 is 0 Å². The Morgan fingerprint density at radius 3 is 2.50 bits per heavy atom. The first-order chi connectivity index (χ1) is 8.30. The zero-order valence-corrected chi connectivity index (χ0v) is 11.5. The van der Waals surface area contributed by atoms with E-state index in [4.69, 9.17) is 10.00 Å². The van der Waals surface area contributed by atoms with Crippen molar-refractivity contribution in [2.45, 2.75) is 44.8 Å². The van der Waals surface area contributed by atoms with Crippen molar-refractivity contribution in [3.05, 3.63) is 35.4 Å². The maximum atomic E-state index is 10.5. The van der Waals surface area contributed by atoms with E-state index in [2.05, 4.69) is 6.07 Å². The van der Waals surface area contributed by atoms with Gasteiger partial charge in [-0.3, -0.25) is 0 Å². The fraction of sp³-hybridized carbons (Fsp3) is 0.533. The molecule has 3 nitrogen and oxygen atoms in total. The Labute approximate surface area is 109 Å². The van der Waals surface area contributed by atoms with Crippen molar-refractivity contribution in [2.24, 2.45) is 0 Å². The molecule has 0 radical (unpaired) electrons. The number of ether oxygens (including phenoxy) is 1. The molecule has 0 bridgehead atoms. The first-order valence-electron chi connectivity index (χ1n) is 6.09. The van der Waals surface area contributed by atoms with Crippen LogP contribution in [0.15, 0.2) is 24.3 Å². The lowest BCUT2D eigenvalue weighted by Gasteiger charge is -2.29. The summed E-state index contributed by atoms with van der Waals surface area (Å²) in [5.74, 6) is 0. The van der Waals surface area contributed by atoms with Crippen LogP contribution in [0.1, 0.15) is 44.7 Å². The lowest BCUT2D eigenvalue weighted by atomic mass is 9.86. The van der Waals surface area contributed by atoms with E-state index >= 15 is 0 Å². The normalized spacial score (nSPS) is 14.9. The number of hydrogen-bond donors (Lipinski definition) is 1. The zero-order valence-electron chi connectivity index (χ0n) is 11.5. The van der Waals surface area contributed by atoms with Gasteiger partial charge in [0.1, 0.15) is 0 Å². The van der Waals surface area contributed by atoms with E-state index in [0.29, 0.717) is 12.0 Å². The van der Waals surface area contributed by atoms with Gasteiger partial charge in [0.2, 0.25) is 0 Å². The molecule has 1 aromatic carbocycles. The number of nitriles is 1. The first-order valence-corrected chi connectivity index (χ1v) is 6.09. The summed E-state index contributed by atoms with van der Waals surface area (Å²) >= 11 is 0. The molecule has 1 aromatic rings. The molecule has 1 atom stereocenters. The summed E-state index contributed by atoms with van der Waals surface area (Å²) < 4.78 is 5.35. The van der Waals surface area contributed by atoms with Crippen molar-refractivity contribution >= 4 is 0 Å². The topological polar surface area (TPSA) is 53.2 Å². The fourth-order valence-electron chi connectivity index (χ4n) is 1.71. The van der Waals surface area contributed by atoms with Gasteiger partial charge in [-0.05, 0) is 51.3 Å². The lowest BCUT2D eigenvalue weighted by Crippen LogP contribution is -2.29. The van der Waals surface area contributed by atoms with E-state index in [0.717, 1.165) is 12.0 Å². The molecular formula is C15H21NO2. The molecule has 0 amide bonds. The van der Waals surface area contributed by atoms with Crippen LogP contribution in [0.25, 0.3) is 0 Å². The van der Waals surface area contributed by atoms with Crippen LogP contribution in [0.5, 0.6) is 0 Å². The molecule has 1 rings (SSSR count). The van der Waals surface area contributed by atoms with E-state index in [1.165, 1.54) is 0 Å². The molecule has 0 aliphatic rings. The van der Waals surface area contributed by atoms with Gasteiger partial charge in [-0.2, -0.15) is 5.26 Å². The average molecular weight is 247 g/mol. The SMILES string of the molecule is COC(C)(C)CCC(C)(O)c1cccc(C#N)c1. The van der Waals surface area contributed by atoms with Gasteiger partial charge in [0.05, 0.1) is 22.8 Å². The lowest BCUT2D eigenvalue weighted by molar-refractivity contribution is -0.0211. The van der Waals surface area contributed by atoms with Crippen LogP contribution < -0.4 is 0 Å². The third-order valence-electron chi connectivity index (χ3n) is 3.38. The van der Waals surface area contributed by atoms with E-state index in [9.17, 15) is 5.11 Å². The minimum absolute atomic E-state index is 0.253. The van der Waals surface area contributed by atoms with Crippen LogP contribution in [0.4, 0.5) is 0 Å². The molecule has 1 unspecified atom stereocenters. The first kappa shape index (κ1) is 14.7. The summed E-state index contributed by atoms with van der Waals surface area (Å²) in [5, 5.41) is 19.4. The molecule has 0 heterocycles. The highest BCUT2D eigenvalue weighted by Gasteiger charge is 2.27. The summed E-state index contributed by atoms with van der Waals surface area (Å²) in [5.41, 5.74) is 0.145. The quantitative estimate of drug-likeness (QED) is 0.870. The average Bonchev–Trinajstić information content (AvgIpc) is 2.37. The molecule has 3 heteroatoms. The van der Waals surface area contributed by atoms with Gasteiger partial charge in [0, 0.05) is 7.11 Å². The van der Waals surface area contributed by atoms with E-state index in [1.54, 1.807) is 32.2 Å². The van der Waals surface area contributed by atoms with Gasteiger partial charge < -0.3 is 9.84 Å². The molecule has 98 valence electrons. The zero-order chi connectivity index (χ0) is 13.8. The number of methoxy groups -OCH3 is 1. The summed E-state index contributed by atoms with van der Waals surface area (Å²) in [7, 11) is 1.67. The molecule has 0 aliphatic heterocycles. The molecule has 0 saturated heterocycles. The van der Waals surface area contributed by atoms with Crippen molar-refractivity contribution in [3.63, 3.8) is 0 Å². The largest absolute Gasteiger partial charge is 0.385 e. The standard InChI is InChI=1S/C15H21NO2/c1-14(2,18-4)8-9-15(3,17)13-7-5-6-12(10-13)11-16/h5-7,10,17H,8-9H2,1-4H3. The monoisotopic (exact) mass is 247 g/mol. The van der Waals surface area contributed by atoms with Crippen LogP contribution in [0.2, 0.25) is 0 Å². The van der Waals surface area contributed by atoms with Gasteiger partial charge in [0.15, 0.2) is 0 Å². The Bertz CT molecular complexity index is 444. The number of benzene rings is 1. The Morgan fingerprint density at radius 2 is 1.94 bits per heavy atom. The van der Waals surface area contributed by atoms with E-state index < -0.39 is 5.60 Å². The predicted molar refractivity (Wildman–Crippen MR) is 71.0 cm³/mol. The van der Waals surface area contributed by atoms with Crippen LogP contribution in [-0.4, -0.2) is 17.8 Å². The Morgan fingerprint density at radius 1 is 1.28 bits per heavy atom. The van der Waals surface area contributed by atoms with Crippen LogP contribution in [0, 0.1) is 11.3 Å². The maximum Gasteiger partial charge on any atom is 0.0991 e. The van der Waals surface area contributed by atoms with Crippen molar-refractivity contribution in [3.8, 4) is 6.07 Å². The van der Waals surface area contributed by atoms with Crippen LogP contribution >= 0.6 is 0 Å². The predicted octanol–water partition coefficient (Wildman–Crippen LogP) is 2.97. The third-order valence-corrected chi connectivity index (χ3v) is 3.38. The number of nitrogens with zero attached hydrogens (tertiary/aromatic N) is 1. The molecule has 1 N–H and O–H groups in total. The number of rotatable bonds is 5. The summed E-state index contributed by atoms with van der Waals surface area (Å²) in [6.07, 6.45) is 1.33. The third kappa shape index (κ3) is 3.83. The highest BCUT2D eigenvalue weighted by atomic mass is 16.5. The molecule has 18 heavy (non-hydrogen) atoms. The Kier molecular flexibility index (Phi) is 4.50. The molecule has 0 saturated carbocycles. The summed E-state index contributed by atoms with van der Waals surface area (Å²) in [6.45, 7) is 5.76. The molecular weight excluding hydrogens is 226 g/mol. The smallest absolute Gasteiger partial charge is 0.0991 e. The Hall–Kier alpha value is -1.37. The molecule has 0 aliphatic carbocycles. The summed E-state index contributed by atoms with van der Waals surface area (Å²) in [6, 6.07) is 9.20. The number of hydrogen-bond acceptors (Lipinski definition) is 3. The van der Waals surface area contributed by atoms with Crippen molar-refractivity contribution in [2.75, 3.05) is 7.11 Å². The highest BCUT2D eigenvalue weighted by molar-refractivity contribution is 5.35. The van der Waals surface area contributed by atoms with Crippen LogP contribution in [0.3, 0.4) is 0 Å². The minimum atomic E-state index is -0.942. The van der Waals surface area contributed by atoms with Gasteiger partial charge in [-0.15, -0.1) is 0 Å². The van der Waals surface area contributed by atoms with Crippen molar-refractivity contribution < 1.29 is 9.84 Å². The number of aliphatic hydroxyl groups is 1. The van der Waals surface area contributed by atoms with Crippen LogP contribution in [-0.2, 0) is 10.3 Å². The molecule has 0 fully saturated rings. The summed E-state index contributed by atoms with van der Waals surface area (Å²) in [4.78, 5) is 0. The second kappa shape index (κ2) is 5.51. The second-order valence-corrected chi connectivity index (χ2v) is 5.43. The van der Waals surface area contributed by atoms with Crippen molar-refractivity contribution in [1.82, 2.24) is 0 Å². The van der Waals surface area contributed by atoms with Crippen molar-refractivity contribution in [1.29, 1.82) is 5.26 Å². The van der Waals surface area contributed by atoms with E-state index in [-0.39, 0.29) is 5.60 Å². The fourth-order valence-corrected chi connectivity index (χ4v) is 1.71. The molecule has 0 aromatic heterocycles. The van der Waals surface area contributed by atoms with Gasteiger partial charge in [-0.1, -0.05) is 12.1 Å². The maximum absolute atomic E-state index is 10.5. The minimum Gasteiger partial charge on any atom is -0.385 e. The van der Waals surface area contributed by atoms with Gasteiger partial charge in [-0.25, -0.2) is 0 Å². The second-order valence-electron chi connectivity index (χ2n) is 5.43. The van der Waals surface area contributed by atoms with Gasteiger partial charge in [0.25, 0.3) is 0 Å². The Balaban J connectivity index is 2.83. The molecule has 0 spiro atoms. The van der Waals surface area contributed by atoms with E-state index in [1.807, 2.05) is 19.9 Å². The highest BCUT2D eigenvalue weighted by Crippen LogP contribution is 2.30.